The number of alkyl halides is 6. The maximum absolute atomic E-state index is 12.3. The van der Waals surface area contributed by atoms with E-state index >= 15 is 0 Å². The van der Waals surface area contributed by atoms with Gasteiger partial charge in [0, 0.05) is 6.61 Å². The van der Waals surface area contributed by atoms with Gasteiger partial charge in [0.2, 0.25) is 0 Å². The first kappa shape index (κ1) is 12.5. The van der Waals surface area contributed by atoms with Crippen LogP contribution in [0.4, 0.5) is 26.3 Å². The highest BCUT2D eigenvalue weighted by Crippen LogP contribution is 2.29. The van der Waals surface area contributed by atoms with E-state index in [0.717, 1.165) is 6.92 Å². The molecule has 0 N–H and O–H groups in total. The van der Waals surface area contributed by atoms with Crippen LogP contribution in [0.1, 0.15) is 6.92 Å². The topological polar surface area (TPSA) is 9.23 Å². The molecular weight excluding hydrogens is 202 g/mol. The third-order valence-electron chi connectivity index (χ3n) is 1.20. The van der Waals surface area contributed by atoms with Crippen molar-refractivity contribution < 1.29 is 31.1 Å². The van der Waals surface area contributed by atoms with Gasteiger partial charge in [-0.3, -0.25) is 0 Å². The molecule has 0 radical (unpaired) electrons. The van der Waals surface area contributed by atoms with E-state index in [0.29, 0.717) is 0 Å². The van der Waals surface area contributed by atoms with E-state index in [1.54, 1.807) is 0 Å². The Morgan fingerprint density at radius 3 is 1.85 bits per heavy atom. The molecule has 0 aliphatic rings. The van der Waals surface area contributed by atoms with Crippen molar-refractivity contribution in [2.24, 2.45) is 0 Å². The third-order valence-corrected chi connectivity index (χ3v) is 1.20. The Bertz CT molecular complexity index is 145. The number of ether oxygens (including phenoxy) is 1. The van der Waals surface area contributed by atoms with Crippen LogP contribution < -0.4 is 0 Å². The molecule has 0 rings (SSSR count). The number of rotatable bonds is 4. The highest BCUT2D eigenvalue weighted by Gasteiger charge is 2.49. The summed E-state index contributed by atoms with van der Waals surface area (Å²) in [7, 11) is 0. The largest absolute Gasteiger partial charge is 0.417 e. The van der Waals surface area contributed by atoms with Gasteiger partial charge in [0.1, 0.15) is 0 Å². The summed E-state index contributed by atoms with van der Waals surface area (Å²) in [6, 6.07) is 0. The van der Waals surface area contributed by atoms with Gasteiger partial charge in [-0.25, -0.2) is 13.2 Å². The summed E-state index contributed by atoms with van der Waals surface area (Å²) in [5, 5.41) is 0. The van der Waals surface area contributed by atoms with Gasteiger partial charge in [-0.1, -0.05) is 0 Å². The molecule has 0 fully saturated rings. The molecule has 80 valence electrons. The summed E-state index contributed by atoms with van der Waals surface area (Å²) in [6.45, 7) is 0.689. The molecule has 2 unspecified atom stereocenters. The summed E-state index contributed by atoms with van der Waals surface area (Å²) in [4.78, 5) is 0. The Morgan fingerprint density at radius 2 is 1.62 bits per heavy atom. The summed E-state index contributed by atoms with van der Waals surface area (Å²) in [5.41, 5.74) is 0. The minimum atomic E-state index is -5.11. The molecule has 0 bridgehead atoms. The molecule has 0 heterocycles. The van der Waals surface area contributed by atoms with Gasteiger partial charge >= 0.3 is 6.18 Å². The van der Waals surface area contributed by atoms with E-state index in [2.05, 4.69) is 4.74 Å². The normalized spacial score (nSPS) is 17.5. The molecule has 13 heavy (non-hydrogen) atoms. The summed E-state index contributed by atoms with van der Waals surface area (Å²) in [6.07, 6.45) is -15.2. The molecule has 0 aliphatic carbocycles. The van der Waals surface area contributed by atoms with Gasteiger partial charge < -0.3 is 4.74 Å². The first-order valence-electron chi connectivity index (χ1n) is 3.41. The average Bonchev–Trinajstić information content (AvgIpc) is 1.96. The Hall–Kier alpha value is -0.460. The maximum atomic E-state index is 12.3. The van der Waals surface area contributed by atoms with Crippen LogP contribution in [0.25, 0.3) is 0 Å². The summed E-state index contributed by atoms with van der Waals surface area (Å²) in [5.74, 6) is 0. The van der Waals surface area contributed by atoms with Gasteiger partial charge in [-0.15, -0.1) is 0 Å². The standard InChI is InChI=1S/C6H8F6O/c1-2-13-4(6(10,11)12)3(7)5(8)9/h3-5H,2H2,1H3. The highest BCUT2D eigenvalue weighted by atomic mass is 19.4. The zero-order valence-corrected chi connectivity index (χ0v) is 6.62. The van der Waals surface area contributed by atoms with Crippen molar-refractivity contribution in [3.05, 3.63) is 0 Å². The van der Waals surface area contributed by atoms with E-state index in [-0.39, 0.29) is 0 Å². The van der Waals surface area contributed by atoms with E-state index < -0.39 is 31.5 Å². The van der Waals surface area contributed by atoms with Crippen LogP contribution in [0, 0.1) is 0 Å². The zero-order chi connectivity index (χ0) is 10.6. The maximum Gasteiger partial charge on any atom is 0.417 e. The molecule has 0 aromatic heterocycles. The lowest BCUT2D eigenvalue weighted by Gasteiger charge is -2.22. The molecule has 7 heteroatoms. The molecule has 1 nitrogen and oxygen atoms in total. The minimum Gasteiger partial charge on any atom is -0.366 e. The molecule has 0 amide bonds. The Kier molecular flexibility index (Phi) is 4.52. The SMILES string of the molecule is CCOC(C(F)C(F)F)C(F)(F)F. The van der Waals surface area contributed by atoms with Crippen LogP contribution in [0.2, 0.25) is 0 Å². The van der Waals surface area contributed by atoms with Crippen molar-refractivity contribution in [1.29, 1.82) is 0 Å². The van der Waals surface area contributed by atoms with Crippen molar-refractivity contribution >= 4 is 0 Å². The molecule has 0 saturated heterocycles. The van der Waals surface area contributed by atoms with Gasteiger partial charge in [0.25, 0.3) is 6.43 Å². The van der Waals surface area contributed by atoms with Gasteiger partial charge in [-0.2, -0.15) is 13.2 Å². The van der Waals surface area contributed by atoms with Crippen LogP contribution in [0.15, 0.2) is 0 Å². The highest BCUT2D eigenvalue weighted by molar-refractivity contribution is 4.78. The fraction of sp³-hybridized carbons (Fsp3) is 1.00. The minimum absolute atomic E-state index is 0.475. The quantitative estimate of drug-likeness (QED) is 0.648. The molecule has 0 spiro atoms. The fourth-order valence-electron chi connectivity index (χ4n) is 0.679. The van der Waals surface area contributed by atoms with Crippen LogP contribution >= 0.6 is 0 Å². The lowest BCUT2D eigenvalue weighted by Crippen LogP contribution is -2.43. The number of hydrogen-bond donors (Lipinski definition) is 0. The molecule has 0 saturated carbocycles. The predicted molar refractivity (Wildman–Crippen MR) is 32.4 cm³/mol. The second kappa shape index (κ2) is 4.69. The van der Waals surface area contributed by atoms with Crippen molar-refractivity contribution in [3.8, 4) is 0 Å². The number of halogens is 6. The molecule has 0 aromatic rings. The zero-order valence-electron chi connectivity index (χ0n) is 6.62. The van der Waals surface area contributed by atoms with Crippen molar-refractivity contribution in [3.63, 3.8) is 0 Å². The smallest absolute Gasteiger partial charge is 0.366 e. The average molecular weight is 210 g/mol. The van der Waals surface area contributed by atoms with Crippen LogP contribution in [0.3, 0.4) is 0 Å². The van der Waals surface area contributed by atoms with Crippen molar-refractivity contribution in [1.82, 2.24) is 0 Å². The van der Waals surface area contributed by atoms with Crippen LogP contribution in [0.5, 0.6) is 0 Å². The lowest BCUT2D eigenvalue weighted by molar-refractivity contribution is -0.248. The molecule has 0 aromatic carbocycles. The molecular formula is C6H8F6O. The molecule has 2 atom stereocenters. The van der Waals surface area contributed by atoms with Gasteiger partial charge in [0.05, 0.1) is 0 Å². The first-order valence-corrected chi connectivity index (χ1v) is 3.41. The van der Waals surface area contributed by atoms with Crippen molar-refractivity contribution in [2.75, 3.05) is 6.61 Å². The summed E-state index contributed by atoms with van der Waals surface area (Å²) < 4.78 is 74.7. The Morgan fingerprint density at radius 1 is 1.15 bits per heavy atom. The second-order valence-electron chi connectivity index (χ2n) is 2.20. The van der Waals surface area contributed by atoms with Gasteiger partial charge in [0.15, 0.2) is 12.3 Å². The van der Waals surface area contributed by atoms with Crippen LogP contribution in [-0.4, -0.2) is 31.5 Å². The van der Waals surface area contributed by atoms with E-state index in [1.807, 2.05) is 0 Å². The van der Waals surface area contributed by atoms with Crippen molar-refractivity contribution in [2.45, 2.75) is 31.8 Å². The second-order valence-corrected chi connectivity index (χ2v) is 2.20. The fourth-order valence-corrected chi connectivity index (χ4v) is 0.679. The van der Waals surface area contributed by atoms with Gasteiger partial charge in [-0.05, 0) is 6.92 Å². The third kappa shape index (κ3) is 3.84. The Labute approximate surface area is 70.7 Å². The monoisotopic (exact) mass is 210 g/mol. The lowest BCUT2D eigenvalue weighted by atomic mass is 10.2. The van der Waals surface area contributed by atoms with Crippen LogP contribution in [-0.2, 0) is 4.74 Å². The summed E-state index contributed by atoms with van der Waals surface area (Å²) >= 11 is 0. The number of hydrogen-bond acceptors (Lipinski definition) is 1. The predicted octanol–water partition coefficient (Wildman–Crippen LogP) is 2.56. The van der Waals surface area contributed by atoms with E-state index in [9.17, 15) is 26.3 Å². The first-order chi connectivity index (χ1) is 5.80. The van der Waals surface area contributed by atoms with E-state index in [4.69, 9.17) is 0 Å². The van der Waals surface area contributed by atoms with E-state index in [1.165, 1.54) is 0 Å². The molecule has 0 aliphatic heterocycles. The Balaban J connectivity index is 4.41.